The highest BCUT2D eigenvalue weighted by Gasteiger charge is 2.29. The predicted molar refractivity (Wildman–Crippen MR) is 76.0 cm³/mol. The van der Waals surface area contributed by atoms with Gasteiger partial charge < -0.3 is 15.3 Å². The number of hydrogen-bond acceptors (Lipinski definition) is 3. The lowest BCUT2D eigenvalue weighted by atomic mass is 10.0. The first-order valence-electron chi connectivity index (χ1n) is 6.89. The largest absolute Gasteiger partial charge is 0.392 e. The van der Waals surface area contributed by atoms with E-state index in [0.29, 0.717) is 6.04 Å². The fourth-order valence-corrected chi connectivity index (χ4v) is 2.47. The molecule has 1 amide bonds. The smallest absolute Gasteiger partial charge is 0.244 e. The summed E-state index contributed by atoms with van der Waals surface area (Å²) in [6.07, 6.45) is 1.92. The van der Waals surface area contributed by atoms with Gasteiger partial charge in [-0.1, -0.05) is 26.0 Å². The summed E-state index contributed by atoms with van der Waals surface area (Å²) in [5.74, 6) is 0.150. The van der Waals surface area contributed by atoms with Crippen LogP contribution in [0.4, 0.5) is 5.69 Å². The van der Waals surface area contributed by atoms with E-state index in [1.807, 2.05) is 29.2 Å². The second-order valence-corrected chi connectivity index (χ2v) is 5.33. The number of amides is 1. The first kappa shape index (κ1) is 14.0. The molecule has 1 saturated heterocycles. The third kappa shape index (κ3) is 3.33. The highest BCUT2D eigenvalue weighted by atomic mass is 16.3. The Morgan fingerprint density at radius 1 is 1.37 bits per heavy atom. The number of anilines is 1. The second-order valence-electron chi connectivity index (χ2n) is 5.33. The molecule has 0 aromatic heterocycles. The molecule has 1 heterocycles. The molecule has 1 atom stereocenters. The van der Waals surface area contributed by atoms with E-state index in [1.165, 1.54) is 0 Å². The summed E-state index contributed by atoms with van der Waals surface area (Å²) < 4.78 is 0. The number of carbonyl (C=O) groups is 1. The van der Waals surface area contributed by atoms with Gasteiger partial charge in [-0.25, -0.2) is 0 Å². The predicted octanol–water partition coefficient (Wildman–Crippen LogP) is 1.67. The molecule has 1 aliphatic rings. The van der Waals surface area contributed by atoms with E-state index in [9.17, 15) is 4.79 Å². The third-order valence-corrected chi connectivity index (χ3v) is 3.40. The van der Waals surface area contributed by atoms with Crippen LogP contribution in [-0.4, -0.2) is 29.6 Å². The van der Waals surface area contributed by atoms with Gasteiger partial charge in [0.25, 0.3) is 0 Å². The number of benzene rings is 1. The molecule has 1 fully saturated rings. The van der Waals surface area contributed by atoms with E-state index in [1.54, 1.807) is 0 Å². The summed E-state index contributed by atoms with van der Waals surface area (Å²) in [5, 5.41) is 12.4. The maximum atomic E-state index is 12.4. The van der Waals surface area contributed by atoms with Gasteiger partial charge >= 0.3 is 0 Å². The van der Waals surface area contributed by atoms with E-state index in [0.717, 1.165) is 30.6 Å². The van der Waals surface area contributed by atoms with Crippen LogP contribution in [0, 0.1) is 0 Å². The summed E-state index contributed by atoms with van der Waals surface area (Å²) >= 11 is 0. The summed E-state index contributed by atoms with van der Waals surface area (Å²) in [5.41, 5.74) is 1.78. The molecule has 0 radical (unpaired) electrons. The zero-order valence-corrected chi connectivity index (χ0v) is 11.6. The average Bonchev–Trinajstić information content (AvgIpc) is 2.41. The monoisotopic (exact) mass is 262 g/mol. The van der Waals surface area contributed by atoms with Crippen LogP contribution in [0.5, 0.6) is 0 Å². The third-order valence-electron chi connectivity index (χ3n) is 3.40. The molecule has 0 aliphatic carbocycles. The summed E-state index contributed by atoms with van der Waals surface area (Å²) in [6.45, 7) is 4.92. The number of nitrogens with zero attached hydrogens (tertiary/aromatic N) is 1. The van der Waals surface area contributed by atoms with Crippen LogP contribution in [-0.2, 0) is 11.4 Å². The summed E-state index contributed by atoms with van der Waals surface area (Å²) in [6, 6.07) is 7.77. The number of piperidine rings is 1. The van der Waals surface area contributed by atoms with Crippen LogP contribution >= 0.6 is 0 Å². The van der Waals surface area contributed by atoms with E-state index in [4.69, 9.17) is 5.11 Å². The molecule has 2 rings (SSSR count). The van der Waals surface area contributed by atoms with Crippen LogP contribution < -0.4 is 10.2 Å². The van der Waals surface area contributed by atoms with Crippen molar-refractivity contribution in [3.05, 3.63) is 29.8 Å². The zero-order chi connectivity index (χ0) is 13.8. The van der Waals surface area contributed by atoms with Gasteiger partial charge in [-0.05, 0) is 30.5 Å². The fourth-order valence-electron chi connectivity index (χ4n) is 2.47. The molecule has 0 bridgehead atoms. The molecule has 0 spiro atoms. The van der Waals surface area contributed by atoms with E-state index < -0.39 is 0 Å². The second kappa shape index (κ2) is 6.17. The number of aliphatic hydroxyl groups excluding tert-OH is 1. The van der Waals surface area contributed by atoms with Crippen molar-refractivity contribution in [2.75, 3.05) is 11.4 Å². The standard InChI is InChI=1S/C15H22N2O2/c1-11(2)16-14-4-3-9-17(15(14)19)13-7-5-12(10-18)6-8-13/h5-8,11,14,16,18H,3-4,9-10H2,1-2H3. The topological polar surface area (TPSA) is 52.6 Å². The molecule has 19 heavy (non-hydrogen) atoms. The van der Waals surface area contributed by atoms with Gasteiger partial charge in [0.05, 0.1) is 12.6 Å². The van der Waals surface area contributed by atoms with Crippen LogP contribution in [0.1, 0.15) is 32.3 Å². The highest BCUT2D eigenvalue weighted by Crippen LogP contribution is 2.22. The number of carbonyl (C=O) groups excluding carboxylic acids is 1. The molecule has 1 unspecified atom stereocenters. The van der Waals surface area contributed by atoms with Crippen molar-refractivity contribution in [2.24, 2.45) is 0 Å². The molecule has 1 aromatic rings. The molecular weight excluding hydrogens is 240 g/mol. The van der Waals surface area contributed by atoms with Gasteiger partial charge in [0.2, 0.25) is 5.91 Å². The zero-order valence-electron chi connectivity index (χ0n) is 11.6. The SMILES string of the molecule is CC(C)NC1CCCN(c2ccc(CO)cc2)C1=O. The first-order chi connectivity index (χ1) is 9.11. The molecular formula is C15H22N2O2. The Morgan fingerprint density at radius 2 is 2.05 bits per heavy atom. The Kier molecular flexibility index (Phi) is 4.56. The van der Waals surface area contributed by atoms with Crippen molar-refractivity contribution in [1.29, 1.82) is 0 Å². The van der Waals surface area contributed by atoms with Gasteiger partial charge in [0.1, 0.15) is 0 Å². The minimum atomic E-state index is -0.0775. The van der Waals surface area contributed by atoms with Crippen LogP contribution in [0.2, 0.25) is 0 Å². The quantitative estimate of drug-likeness (QED) is 0.868. The van der Waals surface area contributed by atoms with Crippen molar-refractivity contribution in [3.8, 4) is 0 Å². The fraction of sp³-hybridized carbons (Fsp3) is 0.533. The Balaban J connectivity index is 2.12. The Labute approximate surface area is 114 Å². The molecule has 2 N–H and O–H groups in total. The lowest BCUT2D eigenvalue weighted by molar-refractivity contribution is -0.121. The molecule has 0 saturated carbocycles. The molecule has 4 heteroatoms. The van der Waals surface area contributed by atoms with Gasteiger partial charge in [0, 0.05) is 18.3 Å². The summed E-state index contributed by atoms with van der Waals surface area (Å²) in [7, 11) is 0. The van der Waals surface area contributed by atoms with Crippen LogP contribution in [0.15, 0.2) is 24.3 Å². The first-order valence-corrected chi connectivity index (χ1v) is 6.89. The van der Waals surface area contributed by atoms with Gasteiger partial charge in [-0.15, -0.1) is 0 Å². The number of hydrogen-bond donors (Lipinski definition) is 2. The van der Waals surface area contributed by atoms with Gasteiger partial charge in [-0.2, -0.15) is 0 Å². The number of aliphatic hydroxyl groups is 1. The van der Waals surface area contributed by atoms with Crippen molar-refractivity contribution in [1.82, 2.24) is 5.32 Å². The Bertz CT molecular complexity index is 428. The molecule has 104 valence electrons. The maximum absolute atomic E-state index is 12.4. The highest BCUT2D eigenvalue weighted by molar-refractivity contribution is 5.97. The van der Waals surface area contributed by atoms with Crippen molar-refractivity contribution in [3.63, 3.8) is 0 Å². The van der Waals surface area contributed by atoms with Crippen molar-refractivity contribution < 1.29 is 9.90 Å². The van der Waals surface area contributed by atoms with Crippen LogP contribution in [0.3, 0.4) is 0 Å². The maximum Gasteiger partial charge on any atom is 0.244 e. The van der Waals surface area contributed by atoms with Gasteiger partial charge in [0.15, 0.2) is 0 Å². The molecule has 4 nitrogen and oxygen atoms in total. The van der Waals surface area contributed by atoms with E-state index >= 15 is 0 Å². The average molecular weight is 262 g/mol. The van der Waals surface area contributed by atoms with Crippen molar-refractivity contribution >= 4 is 11.6 Å². The molecule has 1 aliphatic heterocycles. The van der Waals surface area contributed by atoms with Gasteiger partial charge in [-0.3, -0.25) is 4.79 Å². The number of rotatable bonds is 4. The number of nitrogens with one attached hydrogen (secondary N) is 1. The van der Waals surface area contributed by atoms with Crippen molar-refractivity contribution in [2.45, 2.75) is 45.4 Å². The normalized spacial score (nSPS) is 20.1. The lowest BCUT2D eigenvalue weighted by Crippen LogP contribution is -2.52. The lowest BCUT2D eigenvalue weighted by Gasteiger charge is -2.33. The molecule has 1 aromatic carbocycles. The van der Waals surface area contributed by atoms with Crippen LogP contribution in [0.25, 0.3) is 0 Å². The minimum absolute atomic E-state index is 0.0335. The van der Waals surface area contributed by atoms with E-state index in [2.05, 4.69) is 19.2 Å². The summed E-state index contributed by atoms with van der Waals surface area (Å²) in [4.78, 5) is 14.3. The Morgan fingerprint density at radius 3 is 2.63 bits per heavy atom. The minimum Gasteiger partial charge on any atom is -0.392 e. The van der Waals surface area contributed by atoms with E-state index in [-0.39, 0.29) is 18.6 Å². The Hall–Kier alpha value is -1.39.